The van der Waals surface area contributed by atoms with Crippen LogP contribution >= 0.6 is 11.8 Å². The molecule has 0 aliphatic heterocycles. The Morgan fingerprint density at radius 1 is 1.27 bits per heavy atom. The van der Waals surface area contributed by atoms with Crippen molar-refractivity contribution in [1.29, 1.82) is 0 Å². The van der Waals surface area contributed by atoms with Crippen LogP contribution in [0.2, 0.25) is 0 Å². The van der Waals surface area contributed by atoms with Crippen molar-refractivity contribution in [3.63, 3.8) is 0 Å². The van der Waals surface area contributed by atoms with Crippen molar-refractivity contribution in [2.45, 2.75) is 23.9 Å². The number of ether oxygens (including phenoxy) is 1. The molecule has 0 fully saturated rings. The minimum absolute atomic E-state index is 0.0740. The first-order chi connectivity index (χ1) is 14.2. The molecule has 0 atom stereocenters. The van der Waals surface area contributed by atoms with Gasteiger partial charge in [-0.05, 0) is 49.2 Å². The molecule has 1 heterocycles. The Labute approximate surface area is 179 Å². The minimum Gasteiger partial charge on any atom is -0.495 e. The average Bonchev–Trinajstić information content (AvgIpc) is 3.16. The number of benzene rings is 2. The van der Waals surface area contributed by atoms with Crippen LogP contribution in [0.25, 0.3) is 5.69 Å². The van der Waals surface area contributed by atoms with E-state index in [1.54, 1.807) is 6.20 Å². The van der Waals surface area contributed by atoms with Crippen LogP contribution < -0.4 is 15.2 Å². The summed E-state index contributed by atoms with van der Waals surface area (Å²) < 4.78 is 30.3. The topological polar surface area (TPSA) is 116 Å². The average molecular weight is 447 g/mol. The van der Waals surface area contributed by atoms with Gasteiger partial charge in [-0.1, -0.05) is 23.9 Å². The standard InChI is InChI=1S/C20H22N4O4S2/c1-13-5-4-6-17(14(13)2)24-10-9-22-20(24)29-12-19(25)23-16-11-15(30(21,26)27)7-8-18(16)28-3/h4-11H,12H2,1-3H3,(H,23,25)(H2,21,26,27). The fraction of sp³-hybridized carbons (Fsp3) is 0.200. The first kappa shape index (κ1) is 21.9. The Morgan fingerprint density at radius 3 is 2.73 bits per heavy atom. The lowest BCUT2D eigenvalue weighted by molar-refractivity contribution is -0.113. The molecule has 10 heteroatoms. The number of nitrogens with zero attached hydrogens (tertiary/aromatic N) is 2. The van der Waals surface area contributed by atoms with Crippen molar-refractivity contribution < 1.29 is 17.9 Å². The zero-order valence-electron chi connectivity index (χ0n) is 16.7. The predicted octanol–water partition coefficient (Wildman–Crippen LogP) is 2.88. The number of hydrogen-bond donors (Lipinski definition) is 2. The Kier molecular flexibility index (Phi) is 6.49. The van der Waals surface area contributed by atoms with Gasteiger partial charge < -0.3 is 10.1 Å². The van der Waals surface area contributed by atoms with Gasteiger partial charge in [0.1, 0.15) is 5.75 Å². The molecule has 0 spiro atoms. The molecule has 0 aliphatic rings. The fourth-order valence-corrected chi connectivity index (χ4v) is 4.16. The van der Waals surface area contributed by atoms with Gasteiger partial charge in [0.05, 0.1) is 29.1 Å². The number of nitrogens with two attached hydrogens (primary N) is 1. The number of imidazole rings is 1. The number of rotatable bonds is 7. The van der Waals surface area contributed by atoms with Crippen LogP contribution in [-0.4, -0.2) is 36.7 Å². The van der Waals surface area contributed by atoms with Gasteiger partial charge in [-0.15, -0.1) is 0 Å². The third-order valence-corrected chi connectivity index (χ3v) is 6.43. The quantitative estimate of drug-likeness (QED) is 0.539. The van der Waals surface area contributed by atoms with Crippen molar-refractivity contribution in [3.05, 3.63) is 59.9 Å². The number of carbonyl (C=O) groups is 1. The Morgan fingerprint density at radius 2 is 2.03 bits per heavy atom. The predicted molar refractivity (Wildman–Crippen MR) is 117 cm³/mol. The second kappa shape index (κ2) is 8.90. The summed E-state index contributed by atoms with van der Waals surface area (Å²) in [5.74, 6) is 0.0722. The Hall–Kier alpha value is -2.82. The molecule has 2 aromatic carbocycles. The first-order valence-electron chi connectivity index (χ1n) is 8.94. The normalized spacial score (nSPS) is 11.3. The SMILES string of the molecule is COc1ccc(S(N)(=O)=O)cc1NC(=O)CSc1nccn1-c1cccc(C)c1C. The van der Waals surface area contributed by atoms with Gasteiger partial charge >= 0.3 is 0 Å². The van der Waals surface area contributed by atoms with Gasteiger partial charge in [-0.25, -0.2) is 18.5 Å². The van der Waals surface area contributed by atoms with Crippen molar-refractivity contribution in [3.8, 4) is 11.4 Å². The number of anilines is 1. The van der Waals surface area contributed by atoms with E-state index in [9.17, 15) is 13.2 Å². The molecule has 158 valence electrons. The summed E-state index contributed by atoms with van der Waals surface area (Å²) in [5.41, 5.74) is 3.52. The first-order valence-corrected chi connectivity index (χ1v) is 11.5. The lowest BCUT2D eigenvalue weighted by Gasteiger charge is -2.13. The smallest absolute Gasteiger partial charge is 0.238 e. The largest absolute Gasteiger partial charge is 0.495 e. The van der Waals surface area contributed by atoms with Crippen molar-refractivity contribution in [1.82, 2.24) is 9.55 Å². The van der Waals surface area contributed by atoms with Crippen LogP contribution in [-0.2, 0) is 14.8 Å². The highest BCUT2D eigenvalue weighted by molar-refractivity contribution is 7.99. The number of thioether (sulfide) groups is 1. The van der Waals surface area contributed by atoms with Crippen molar-refractivity contribution >= 4 is 33.4 Å². The van der Waals surface area contributed by atoms with Crippen LogP contribution in [0, 0.1) is 13.8 Å². The summed E-state index contributed by atoms with van der Waals surface area (Å²) in [5, 5.41) is 8.51. The number of nitrogens with one attached hydrogen (secondary N) is 1. The lowest BCUT2D eigenvalue weighted by atomic mass is 10.1. The van der Waals surface area contributed by atoms with Crippen molar-refractivity contribution in [2.24, 2.45) is 5.14 Å². The number of amides is 1. The molecule has 0 aliphatic carbocycles. The maximum absolute atomic E-state index is 12.5. The molecule has 0 radical (unpaired) electrons. The monoisotopic (exact) mass is 446 g/mol. The summed E-state index contributed by atoms with van der Waals surface area (Å²) in [7, 11) is -2.48. The van der Waals surface area contributed by atoms with Gasteiger partial charge in [-0.3, -0.25) is 9.36 Å². The molecule has 1 aromatic heterocycles. The van der Waals surface area contributed by atoms with Crippen LogP contribution in [0.1, 0.15) is 11.1 Å². The third kappa shape index (κ3) is 4.84. The van der Waals surface area contributed by atoms with E-state index in [1.165, 1.54) is 37.1 Å². The summed E-state index contributed by atoms with van der Waals surface area (Å²) in [6, 6.07) is 10.0. The summed E-state index contributed by atoms with van der Waals surface area (Å²) in [4.78, 5) is 16.7. The van der Waals surface area contributed by atoms with E-state index in [4.69, 9.17) is 9.88 Å². The number of carbonyl (C=O) groups excluding carboxylic acids is 1. The minimum atomic E-state index is -3.90. The van der Waals surface area contributed by atoms with Crippen LogP contribution in [0.3, 0.4) is 0 Å². The maximum atomic E-state index is 12.5. The third-order valence-electron chi connectivity index (χ3n) is 4.55. The molecular weight excluding hydrogens is 424 g/mol. The molecule has 0 bridgehead atoms. The van der Waals surface area contributed by atoms with E-state index in [2.05, 4.69) is 10.3 Å². The Balaban J connectivity index is 1.75. The molecule has 3 aromatic rings. The molecule has 0 saturated carbocycles. The Bertz CT molecular complexity index is 1190. The van der Waals surface area contributed by atoms with E-state index in [0.717, 1.165) is 16.8 Å². The lowest BCUT2D eigenvalue weighted by Crippen LogP contribution is -2.17. The van der Waals surface area contributed by atoms with Crippen LogP contribution in [0.5, 0.6) is 5.75 Å². The van der Waals surface area contributed by atoms with Gasteiger partial charge in [0.25, 0.3) is 0 Å². The number of methoxy groups -OCH3 is 1. The van der Waals surface area contributed by atoms with Gasteiger partial charge in [0.15, 0.2) is 5.16 Å². The number of aromatic nitrogens is 2. The second-order valence-corrected chi connectivity index (χ2v) is 9.05. The molecule has 3 rings (SSSR count). The molecule has 3 N–H and O–H groups in total. The van der Waals surface area contributed by atoms with E-state index in [0.29, 0.717) is 10.9 Å². The van der Waals surface area contributed by atoms with Crippen molar-refractivity contribution in [2.75, 3.05) is 18.2 Å². The van der Waals surface area contributed by atoms with E-state index in [-0.39, 0.29) is 22.2 Å². The van der Waals surface area contributed by atoms with Crippen LogP contribution in [0.15, 0.2) is 58.8 Å². The number of primary sulfonamides is 1. The zero-order valence-corrected chi connectivity index (χ0v) is 18.4. The highest BCUT2D eigenvalue weighted by Crippen LogP contribution is 2.28. The molecule has 1 amide bonds. The zero-order chi connectivity index (χ0) is 21.9. The highest BCUT2D eigenvalue weighted by Gasteiger charge is 2.15. The number of aryl methyl sites for hydroxylation is 1. The molecule has 8 nitrogen and oxygen atoms in total. The summed E-state index contributed by atoms with van der Waals surface area (Å²) in [6.07, 6.45) is 3.53. The summed E-state index contributed by atoms with van der Waals surface area (Å²) >= 11 is 1.27. The number of hydrogen-bond acceptors (Lipinski definition) is 6. The van der Waals surface area contributed by atoms with E-state index in [1.807, 2.05) is 42.8 Å². The highest BCUT2D eigenvalue weighted by atomic mass is 32.2. The molecule has 0 unspecified atom stereocenters. The van der Waals surface area contributed by atoms with Crippen LogP contribution in [0.4, 0.5) is 5.69 Å². The van der Waals surface area contributed by atoms with E-state index >= 15 is 0 Å². The van der Waals surface area contributed by atoms with Gasteiger partial charge in [0, 0.05) is 12.4 Å². The molecular formula is C20H22N4O4S2. The fourth-order valence-electron chi connectivity index (χ4n) is 2.85. The molecule has 30 heavy (non-hydrogen) atoms. The summed E-state index contributed by atoms with van der Waals surface area (Å²) in [6.45, 7) is 4.08. The van der Waals surface area contributed by atoms with Gasteiger partial charge in [-0.2, -0.15) is 0 Å². The van der Waals surface area contributed by atoms with Gasteiger partial charge in [0.2, 0.25) is 15.9 Å². The molecule has 0 saturated heterocycles. The van der Waals surface area contributed by atoms with E-state index < -0.39 is 10.0 Å². The maximum Gasteiger partial charge on any atom is 0.238 e. The second-order valence-electron chi connectivity index (χ2n) is 6.54. The number of sulfonamides is 1.